The summed E-state index contributed by atoms with van der Waals surface area (Å²) in [4.78, 5) is 12.4. The molecule has 22 heavy (non-hydrogen) atoms. The molecule has 0 radical (unpaired) electrons. The van der Waals surface area contributed by atoms with E-state index in [4.69, 9.17) is 0 Å². The van der Waals surface area contributed by atoms with Crippen LogP contribution < -0.4 is 5.32 Å². The van der Waals surface area contributed by atoms with E-state index >= 15 is 0 Å². The average molecular weight is 295 g/mol. The minimum absolute atomic E-state index is 0.0554. The fraction of sp³-hybridized carbons (Fsp3) is 0.350. The topological polar surface area (TPSA) is 29.1 Å². The summed E-state index contributed by atoms with van der Waals surface area (Å²) < 4.78 is 0. The van der Waals surface area contributed by atoms with Crippen LogP contribution in [-0.2, 0) is 30.5 Å². The summed E-state index contributed by atoms with van der Waals surface area (Å²) in [5.74, 6) is 0.0554. The standard InChI is InChI=1S/C20H25NO/c1-4-15-10-12-16(13-11-15)14-19(22)21-20-17(5-2)8-7-9-18(20)6-3/h7-13H,4-6,14H2,1-3H3,(H,21,22). The van der Waals surface area contributed by atoms with Gasteiger partial charge in [0.05, 0.1) is 6.42 Å². The van der Waals surface area contributed by atoms with E-state index in [0.717, 1.165) is 30.5 Å². The van der Waals surface area contributed by atoms with Crippen molar-refractivity contribution in [1.29, 1.82) is 0 Å². The van der Waals surface area contributed by atoms with Gasteiger partial charge in [-0.3, -0.25) is 4.79 Å². The Balaban J connectivity index is 2.11. The first-order valence-electron chi connectivity index (χ1n) is 8.16. The van der Waals surface area contributed by atoms with Crippen molar-refractivity contribution >= 4 is 11.6 Å². The van der Waals surface area contributed by atoms with Crippen molar-refractivity contribution in [3.8, 4) is 0 Å². The molecule has 2 aromatic rings. The van der Waals surface area contributed by atoms with E-state index in [1.54, 1.807) is 0 Å². The van der Waals surface area contributed by atoms with E-state index < -0.39 is 0 Å². The van der Waals surface area contributed by atoms with Gasteiger partial charge in [0.2, 0.25) is 5.91 Å². The van der Waals surface area contributed by atoms with Crippen LogP contribution in [0.3, 0.4) is 0 Å². The zero-order chi connectivity index (χ0) is 15.9. The third-order valence-electron chi connectivity index (χ3n) is 4.06. The highest BCUT2D eigenvalue weighted by atomic mass is 16.1. The van der Waals surface area contributed by atoms with E-state index in [2.05, 4.69) is 56.4 Å². The van der Waals surface area contributed by atoms with Crippen molar-refractivity contribution in [2.75, 3.05) is 5.32 Å². The van der Waals surface area contributed by atoms with E-state index in [0.29, 0.717) is 6.42 Å². The van der Waals surface area contributed by atoms with E-state index in [1.807, 2.05) is 12.1 Å². The molecule has 0 aliphatic rings. The Labute approximate surface area is 133 Å². The van der Waals surface area contributed by atoms with Crippen LogP contribution in [0, 0.1) is 0 Å². The number of anilines is 1. The number of rotatable bonds is 6. The molecule has 116 valence electrons. The molecule has 1 amide bonds. The van der Waals surface area contributed by atoms with Crippen LogP contribution in [0.4, 0.5) is 5.69 Å². The van der Waals surface area contributed by atoms with Gasteiger partial charge in [0.25, 0.3) is 0 Å². The highest BCUT2D eigenvalue weighted by Crippen LogP contribution is 2.22. The van der Waals surface area contributed by atoms with Crippen LogP contribution in [0.2, 0.25) is 0 Å². The lowest BCUT2D eigenvalue weighted by molar-refractivity contribution is -0.115. The van der Waals surface area contributed by atoms with Gasteiger partial charge in [0.1, 0.15) is 0 Å². The molecule has 0 fully saturated rings. The molecular formula is C20H25NO. The highest BCUT2D eigenvalue weighted by molar-refractivity contribution is 5.93. The van der Waals surface area contributed by atoms with Gasteiger partial charge in [-0.1, -0.05) is 63.2 Å². The molecule has 2 nitrogen and oxygen atoms in total. The number of nitrogens with one attached hydrogen (secondary N) is 1. The van der Waals surface area contributed by atoms with E-state index in [-0.39, 0.29) is 5.91 Å². The third-order valence-corrected chi connectivity index (χ3v) is 4.06. The van der Waals surface area contributed by atoms with Crippen molar-refractivity contribution in [3.05, 3.63) is 64.7 Å². The highest BCUT2D eigenvalue weighted by Gasteiger charge is 2.10. The minimum atomic E-state index is 0.0554. The van der Waals surface area contributed by atoms with Crippen LogP contribution in [-0.4, -0.2) is 5.91 Å². The molecule has 0 spiro atoms. The summed E-state index contributed by atoms with van der Waals surface area (Å²) in [6.07, 6.45) is 3.30. The molecule has 0 aliphatic heterocycles. The maximum Gasteiger partial charge on any atom is 0.228 e. The second-order valence-corrected chi connectivity index (χ2v) is 5.55. The lowest BCUT2D eigenvalue weighted by Gasteiger charge is -2.14. The summed E-state index contributed by atoms with van der Waals surface area (Å²) >= 11 is 0. The smallest absolute Gasteiger partial charge is 0.228 e. The summed E-state index contributed by atoms with van der Waals surface area (Å²) in [6.45, 7) is 6.37. The summed E-state index contributed by atoms with van der Waals surface area (Å²) in [7, 11) is 0. The zero-order valence-electron chi connectivity index (χ0n) is 13.8. The van der Waals surface area contributed by atoms with Gasteiger partial charge in [-0.15, -0.1) is 0 Å². The van der Waals surface area contributed by atoms with Gasteiger partial charge in [-0.05, 0) is 41.5 Å². The van der Waals surface area contributed by atoms with Gasteiger partial charge in [-0.25, -0.2) is 0 Å². The maximum absolute atomic E-state index is 12.4. The molecule has 0 saturated heterocycles. The lowest BCUT2D eigenvalue weighted by atomic mass is 10.0. The first kappa shape index (κ1) is 16.3. The predicted molar refractivity (Wildman–Crippen MR) is 93.4 cm³/mol. The number of benzene rings is 2. The lowest BCUT2D eigenvalue weighted by Crippen LogP contribution is -2.17. The molecule has 0 saturated carbocycles. The Morgan fingerprint density at radius 2 is 1.36 bits per heavy atom. The van der Waals surface area contributed by atoms with Gasteiger partial charge in [0.15, 0.2) is 0 Å². The minimum Gasteiger partial charge on any atom is -0.325 e. The molecule has 0 bridgehead atoms. The van der Waals surface area contributed by atoms with Gasteiger partial charge < -0.3 is 5.32 Å². The third kappa shape index (κ3) is 3.97. The largest absolute Gasteiger partial charge is 0.325 e. The normalized spacial score (nSPS) is 10.5. The quantitative estimate of drug-likeness (QED) is 0.832. The molecule has 0 aromatic heterocycles. The molecule has 1 N–H and O–H groups in total. The average Bonchev–Trinajstić information content (AvgIpc) is 2.55. The van der Waals surface area contributed by atoms with Crippen LogP contribution in [0.5, 0.6) is 0 Å². The Hall–Kier alpha value is -2.09. The number of carbonyl (C=O) groups is 1. The Kier molecular flexibility index (Phi) is 5.76. The first-order chi connectivity index (χ1) is 10.7. The van der Waals surface area contributed by atoms with E-state index in [1.165, 1.54) is 16.7 Å². The van der Waals surface area contributed by atoms with Crippen LogP contribution in [0.15, 0.2) is 42.5 Å². The van der Waals surface area contributed by atoms with Crippen LogP contribution in [0.25, 0.3) is 0 Å². The fourth-order valence-electron chi connectivity index (χ4n) is 2.66. The van der Waals surface area contributed by atoms with Crippen LogP contribution in [0.1, 0.15) is 43.0 Å². The number of para-hydroxylation sites is 1. The molecule has 0 unspecified atom stereocenters. The number of amides is 1. The molecule has 2 heteroatoms. The van der Waals surface area contributed by atoms with Gasteiger partial charge >= 0.3 is 0 Å². The summed E-state index contributed by atoms with van der Waals surface area (Å²) in [5.41, 5.74) is 5.77. The number of aryl methyl sites for hydroxylation is 3. The Morgan fingerprint density at radius 3 is 1.86 bits per heavy atom. The molecule has 0 heterocycles. The molecule has 2 rings (SSSR count). The Morgan fingerprint density at radius 1 is 0.818 bits per heavy atom. The second kappa shape index (κ2) is 7.79. The zero-order valence-corrected chi connectivity index (χ0v) is 13.8. The summed E-state index contributed by atoms with van der Waals surface area (Å²) in [6, 6.07) is 14.5. The van der Waals surface area contributed by atoms with Crippen LogP contribution >= 0.6 is 0 Å². The number of hydrogen-bond donors (Lipinski definition) is 1. The number of hydrogen-bond acceptors (Lipinski definition) is 1. The molecule has 0 aliphatic carbocycles. The van der Waals surface area contributed by atoms with Crippen molar-refractivity contribution in [1.82, 2.24) is 0 Å². The fourth-order valence-corrected chi connectivity index (χ4v) is 2.66. The predicted octanol–water partition coefficient (Wildman–Crippen LogP) is 4.56. The van der Waals surface area contributed by atoms with Crippen molar-refractivity contribution < 1.29 is 4.79 Å². The monoisotopic (exact) mass is 295 g/mol. The van der Waals surface area contributed by atoms with Gasteiger partial charge in [0, 0.05) is 5.69 Å². The first-order valence-corrected chi connectivity index (χ1v) is 8.16. The van der Waals surface area contributed by atoms with Crippen molar-refractivity contribution in [3.63, 3.8) is 0 Å². The van der Waals surface area contributed by atoms with Crippen molar-refractivity contribution in [2.45, 2.75) is 46.5 Å². The summed E-state index contributed by atoms with van der Waals surface area (Å²) in [5, 5.41) is 3.12. The molecular weight excluding hydrogens is 270 g/mol. The van der Waals surface area contributed by atoms with Crippen molar-refractivity contribution in [2.24, 2.45) is 0 Å². The van der Waals surface area contributed by atoms with E-state index in [9.17, 15) is 4.79 Å². The second-order valence-electron chi connectivity index (χ2n) is 5.55. The SMILES string of the molecule is CCc1ccc(CC(=O)Nc2c(CC)cccc2CC)cc1. The maximum atomic E-state index is 12.4. The number of carbonyl (C=O) groups excluding carboxylic acids is 1. The molecule has 0 atom stereocenters. The molecule has 2 aromatic carbocycles. The Bertz CT molecular complexity index is 606. The van der Waals surface area contributed by atoms with Gasteiger partial charge in [-0.2, -0.15) is 0 Å².